The zero-order valence-corrected chi connectivity index (χ0v) is 36.2. The minimum atomic E-state index is -3.61. The summed E-state index contributed by atoms with van der Waals surface area (Å²) in [6, 6.07) is 13.0. The van der Waals surface area contributed by atoms with Crippen LogP contribution in [0.1, 0.15) is 62.5 Å². The quantitative estimate of drug-likeness (QED) is 0.0737. The van der Waals surface area contributed by atoms with Crippen LogP contribution >= 0.6 is 10.7 Å². The molecule has 0 unspecified atom stereocenters. The molecule has 55 heavy (non-hydrogen) atoms. The summed E-state index contributed by atoms with van der Waals surface area (Å²) in [5, 5.41) is 11.7. The van der Waals surface area contributed by atoms with Gasteiger partial charge in [0.05, 0.1) is 40.8 Å². The summed E-state index contributed by atoms with van der Waals surface area (Å²) in [6.45, 7) is 9.07. The molecule has 4 saturated heterocycles. The van der Waals surface area contributed by atoms with Crippen molar-refractivity contribution in [1.29, 1.82) is 0 Å². The van der Waals surface area contributed by atoms with Crippen LogP contribution in [0.25, 0.3) is 26.4 Å². The number of azide groups is 1. The maximum atomic E-state index is 11.8. The molecule has 2 aromatic carbocycles. The van der Waals surface area contributed by atoms with Gasteiger partial charge >= 0.3 is 29.6 Å². The number of nitrogens with two attached hydrogens (primary N) is 1. The van der Waals surface area contributed by atoms with Gasteiger partial charge in [-0.05, 0) is 102 Å². The minimum absolute atomic E-state index is 0. The van der Waals surface area contributed by atoms with E-state index in [-0.39, 0.29) is 58.7 Å². The molecule has 304 valence electrons. The number of nitrogens with zero attached hydrogens (tertiary/aromatic N) is 6. The second-order valence-corrected chi connectivity index (χ2v) is 16.4. The van der Waals surface area contributed by atoms with Crippen LogP contribution < -0.4 is 35.3 Å². The second-order valence-electron chi connectivity index (χ2n) is 12.2. The van der Waals surface area contributed by atoms with Crippen molar-refractivity contribution in [2.24, 2.45) is 10.8 Å². The average molecular weight is 842 g/mol. The molecule has 0 aliphatic carbocycles. The van der Waals surface area contributed by atoms with Gasteiger partial charge in [0.15, 0.2) is 0 Å². The van der Waals surface area contributed by atoms with Crippen LogP contribution in [-0.2, 0) is 42.3 Å². The van der Waals surface area contributed by atoms with Crippen LogP contribution in [0.2, 0.25) is 0 Å². The summed E-state index contributed by atoms with van der Waals surface area (Å²) in [7, 11) is -2.08. The fourth-order valence-corrected chi connectivity index (χ4v) is 6.08. The molecular formula is C34H53ClN7NaO10S2. The van der Waals surface area contributed by atoms with Gasteiger partial charge < -0.3 is 40.8 Å². The van der Waals surface area contributed by atoms with Gasteiger partial charge in [-0.25, -0.2) is 8.42 Å². The molecule has 0 spiro atoms. The number of hydrogen-bond donors (Lipinski definition) is 2. The molecule has 0 radical (unpaired) electrons. The Kier molecular flexibility index (Phi) is 29.9. The molecule has 21 heteroatoms. The molecule has 4 atom stereocenters. The SMILES string of the molecule is Cc1ccc(S(=O)(=O)Cl)cc1.Cc1ccc(S(=O)(=O)OCC[C@H]2CCO2)cc1.NCC[C@H]1CCO1.OCC[C@H]1CCO1.[N-]=[N+]=NCC[C@H]1CCO1.[N-]=[N+]=[N-].[Na+]. The third-order valence-corrected chi connectivity index (χ3v) is 10.7. The predicted molar refractivity (Wildman–Crippen MR) is 205 cm³/mol. The summed E-state index contributed by atoms with van der Waals surface area (Å²) < 4.78 is 70.3. The van der Waals surface area contributed by atoms with Crippen LogP contribution in [0, 0.1) is 13.8 Å². The van der Waals surface area contributed by atoms with Crippen molar-refractivity contribution in [3.05, 3.63) is 86.1 Å². The maximum absolute atomic E-state index is 11.8. The Morgan fingerprint density at radius 3 is 1.44 bits per heavy atom. The van der Waals surface area contributed by atoms with E-state index in [2.05, 4.69) is 10.0 Å². The van der Waals surface area contributed by atoms with Gasteiger partial charge in [0.1, 0.15) is 0 Å². The summed E-state index contributed by atoms with van der Waals surface area (Å²) in [4.78, 5) is 4.48. The number of benzene rings is 2. The number of aliphatic hydroxyl groups excluding tert-OH is 1. The van der Waals surface area contributed by atoms with Crippen molar-refractivity contribution in [3.8, 4) is 0 Å². The van der Waals surface area contributed by atoms with Crippen molar-refractivity contribution < 1.29 is 74.6 Å². The van der Waals surface area contributed by atoms with Crippen molar-refractivity contribution in [2.75, 3.05) is 52.7 Å². The largest absolute Gasteiger partial charge is 1.00 e. The van der Waals surface area contributed by atoms with Gasteiger partial charge in [-0.2, -0.15) is 8.42 Å². The molecule has 0 aromatic heterocycles. The van der Waals surface area contributed by atoms with Crippen molar-refractivity contribution in [3.63, 3.8) is 0 Å². The number of rotatable bonds is 13. The molecule has 0 amide bonds. The zero-order valence-electron chi connectivity index (χ0n) is 31.8. The zero-order chi connectivity index (χ0) is 40.2. The molecular weight excluding hydrogens is 789 g/mol. The first-order valence-corrected chi connectivity index (χ1v) is 21.2. The van der Waals surface area contributed by atoms with Crippen LogP contribution in [0.15, 0.2) is 63.4 Å². The van der Waals surface area contributed by atoms with Gasteiger partial charge in [0, 0.05) is 55.2 Å². The third-order valence-electron chi connectivity index (χ3n) is 8.02. The number of aliphatic hydroxyl groups is 1. The Labute approximate surface area is 351 Å². The summed E-state index contributed by atoms with van der Waals surface area (Å²) in [5.41, 5.74) is 28.7. The van der Waals surface area contributed by atoms with Gasteiger partial charge in [-0.15, -0.1) is 0 Å². The molecule has 6 rings (SSSR count). The fraction of sp³-hybridized carbons (Fsp3) is 0.647. The van der Waals surface area contributed by atoms with Crippen LogP contribution in [0.4, 0.5) is 0 Å². The normalized spacial score (nSPS) is 20.1. The third kappa shape index (κ3) is 25.1. The molecule has 4 fully saturated rings. The van der Waals surface area contributed by atoms with Crippen LogP contribution in [0.5, 0.6) is 0 Å². The molecule has 4 aliphatic heterocycles. The van der Waals surface area contributed by atoms with Gasteiger partial charge in [-0.1, -0.05) is 40.5 Å². The Hall–Kier alpha value is -2.03. The first-order chi connectivity index (χ1) is 25.8. The van der Waals surface area contributed by atoms with Gasteiger partial charge in [0.25, 0.3) is 19.2 Å². The topological polar surface area (TPSA) is 268 Å². The van der Waals surface area contributed by atoms with Gasteiger partial charge in [0.2, 0.25) is 0 Å². The van der Waals surface area contributed by atoms with Crippen LogP contribution in [-0.4, -0.2) is 99.1 Å². The minimum Gasteiger partial charge on any atom is -0.396 e. The first kappa shape index (κ1) is 53.0. The van der Waals surface area contributed by atoms with E-state index in [0.717, 1.165) is 82.6 Å². The molecule has 4 aliphatic rings. The molecule has 3 N–H and O–H groups in total. The molecule has 0 bridgehead atoms. The Balaban J connectivity index is 0.000000675. The van der Waals surface area contributed by atoms with E-state index in [4.69, 9.17) is 61.2 Å². The molecule has 17 nitrogen and oxygen atoms in total. The van der Waals surface area contributed by atoms with E-state index in [1.165, 1.54) is 23.5 Å². The summed E-state index contributed by atoms with van der Waals surface area (Å²) in [5.74, 6) is 0. The van der Waals surface area contributed by atoms with Crippen LogP contribution in [0.3, 0.4) is 0 Å². The van der Waals surface area contributed by atoms with E-state index in [1.54, 1.807) is 36.4 Å². The predicted octanol–water partition coefficient (Wildman–Crippen LogP) is 3.43. The van der Waals surface area contributed by atoms with Crippen molar-refractivity contribution in [1.82, 2.24) is 0 Å². The van der Waals surface area contributed by atoms with Gasteiger partial charge in [-0.3, -0.25) is 9.09 Å². The Morgan fingerprint density at radius 2 is 1.13 bits per heavy atom. The van der Waals surface area contributed by atoms with Crippen molar-refractivity contribution in [2.45, 2.75) is 99.4 Å². The first-order valence-electron chi connectivity index (χ1n) is 17.5. The molecule has 4 heterocycles. The Bertz CT molecular complexity index is 1590. The van der Waals surface area contributed by atoms with E-state index < -0.39 is 19.2 Å². The summed E-state index contributed by atoms with van der Waals surface area (Å²) >= 11 is 0. The van der Waals surface area contributed by atoms with E-state index in [9.17, 15) is 16.8 Å². The monoisotopic (exact) mass is 841 g/mol. The standard InChI is InChI=1S/C12H16O4S.C7H7ClO2S.C5H9N3O.C5H11NO.C5H10O2.N3.Na/c1-10-2-4-12(5-3-10)17(13,14)16-9-7-11-6-8-15-11;1-6-2-4-7(5-3-6)11(8,9)10;6-8-7-3-1-5-2-4-9-5;2*6-3-1-5-2-4-7-5;1-3-2;/h2-5,11H,6-9H2,1H3;2-5H,1H3;5H,1-4H2;5H,1-4,6H2;5-6H,1-4H2;;/q;;;;;-1;+1/t11-;;3*5-;;/m1.000../s1. The maximum Gasteiger partial charge on any atom is 1.00 e. The van der Waals surface area contributed by atoms with E-state index in [1.807, 2.05) is 13.8 Å². The smallest absolute Gasteiger partial charge is 0.396 e. The summed E-state index contributed by atoms with van der Waals surface area (Å²) in [6.07, 6.45) is 9.27. The number of halogens is 1. The number of aryl methyl sites for hydroxylation is 2. The van der Waals surface area contributed by atoms with E-state index >= 15 is 0 Å². The molecule has 0 saturated carbocycles. The Morgan fingerprint density at radius 1 is 0.745 bits per heavy atom. The molecule has 2 aromatic rings. The van der Waals surface area contributed by atoms with Crippen molar-refractivity contribution >= 4 is 29.9 Å². The van der Waals surface area contributed by atoms with E-state index in [0.29, 0.717) is 31.3 Å². The average Bonchev–Trinajstić information content (AvgIpc) is 3.05. The second kappa shape index (κ2) is 31.0. The fourth-order valence-electron chi connectivity index (χ4n) is 4.39. The number of hydrogen-bond acceptors (Lipinski definition) is 12. The number of ether oxygens (including phenoxy) is 4.